The highest BCUT2D eigenvalue weighted by Crippen LogP contribution is 2.26. The smallest absolute Gasteiger partial charge is 0.321 e. The van der Waals surface area contributed by atoms with Gasteiger partial charge in [0, 0.05) is 20.6 Å². The molecule has 0 bridgehead atoms. The van der Waals surface area contributed by atoms with E-state index in [0.29, 0.717) is 21.6 Å². The van der Waals surface area contributed by atoms with Crippen molar-refractivity contribution in [3.8, 4) is 0 Å². The van der Waals surface area contributed by atoms with Crippen molar-refractivity contribution >= 4 is 79.1 Å². The highest BCUT2D eigenvalue weighted by molar-refractivity contribution is 9.10. The minimum Gasteiger partial charge on any atom is -0.321 e. The SMILES string of the molecule is O=C(Nc1ccc(Cl)cc1Cl)C(=O)Nn1c(C(=O)Nc2ccc(F)cc2)cc2cc(Br)ccc21. The molecule has 0 aliphatic rings. The van der Waals surface area contributed by atoms with Crippen molar-refractivity contribution in [1.82, 2.24) is 4.68 Å². The fourth-order valence-electron chi connectivity index (χ4n) is 3.12. The molecular weight excluding hydrogens is 550 g/mol. The van der Waals surface area contributed by atoms with E-state index in [4.69, 9.17) is 23.2 Å². The summed E-state index contributed by atoms with van der Waals surface area (Å²) < 4.78 is 15.1. The van der Waals surface area contributed by atoms with E-state index in [1.54, 1.807) is 24.3 Å². The molecule has 0 atom stereocenters. The highest BCUT2D eigenvalue weighted by atomic mass is 79.9. The van der Waals surface area contributed by atoms with Crippen molar-refractivity contribution in [2.45, 2.75) is 0 Å². The Morgan fingerprint density at radius 2 is 1.59 bits per heavy atom. The summed E-state index contributed by atoms with van der Waals surface area (Å²) in [6.07, 6.45) is 0. The van der Waals surface area contributed by atoms with Crippen LogP contribution in [-0.4, -0.2) is 22.4 Å². The van der Waals surface area contributed by atoms with Crippen LogP contribution in [0.25, 0.3) is 10.9 Å². The van der Waals surface area contributed by atoms with E-state index in [1.165, 1.54) is 47.1 Å². The lowest BCUT2D eigenvalue weighted by molar-refractivity contribution is -0.133. The number of carbonyl (C=O) groups excluding carboxylic acids is 3. The molecule has 0 spiro atoms. The summed E-state index contributed by atoms with van der Waals surface area (Å²) in [5.41, 5.74) is 3.50. The molecule has 172 valence electrons. The van der Waals surface area contributed by atoms with Crippen LogP contribution in [0.2, 0.25) is 10.0 Å². The Morgan fingerprint density at radius 1 is 0.853 bits per heavy atom. The molecule has 0 aliphatic heterocycles. The van der Waals surface area contributed by atoms with Crippen LogP contribution in [0.4, 0.5) is 15.8 Å². The Morgan fingerprint density at radius 3 is 2.29 bits per heavy atom. The number of aromatic nitrogens is 1. The second kappa shape index (κ2) is 9.84. The Labute approximate surface area is 210 Å². The van der Waals surface area contributed by atoms with Gasteiger partial charge < -0.3 is 10.6 Å². The van der Waals surface area contributed by atoms with Crippen LogP contribution in [0.1, 0.15) is 10.5 Å². The van der Waals surface area contributed by atoms with E-state index in [9.17, 15) is 18.8 Å². The zero-order valence-electron chi connectivity index (χ0n) is 17.0. The summed E-state index contributed by atoms with van der Waals surface area (Å²) in [4.78, 5) is 38.2. The van der Waals surface area contributed by atoms with Crippen molar-refractivity contribution < 1.29 is 18.8 Å². The Bertz CT molecular complexity index is 1440. The maximum Gasteiger partial charge on any atom is 0.328 e. The molecule has 4 rings (SSSR count). The molecule has 7 nitrogen and oxygen atoms in total. The lowest BCUT2D eigenvalue weighted by Gasteiger charge is -2.13. The number of anilines is 2. The summed E-state index contributed by atoms with van der Waals surface area (Å²) >= 11 is 15.3. The summed E-state index contributed by atoms with van der Waals surface area (Å²) in [6.45, 7) is 0. The molecule has 4 aromatic rings. The van der Waals surface area contributed by atoms with Crippen molar-refractivity contribution in [3.05, 3.63) is 92.8 Å². The quantitative estimate of drug-likeness (QED) is 0.274. The maximum atomic E-state index is 13.2. The van der Waals surface area contributed by atoms with Gasteiger partial charge in [0.25, 0.3) is 5.91 Å². The van der Waals surface area contributed by atoms with Crippen LogP contribution in [0.15, 0.2) is 71.2 Å². The molecule has 0 saturated heterocycles. The van der Waals surface area contributed by atoms with E-state index in [-0.39, 0.29) is 16.4 Å². The topological polar surface area (TPSA) is 92.2 Å². The van der Waals surface area contributed by atoms with Crippen LogP contribution in [0, 0.1) is 5.82 Å². The second-order valence-electron chi connectivity index (χ2n) is 7.05. The number of fused-ring (bicyclic) bond motifs is 1. The van der Waals surface area contributed by atoms with Crippen LogP contribution < -0.4 is 16.1 Å². The number of hydrogen-bond donors (Lipinski definition) is 3. The van der Waals surface area contributed by atoms with Gasteiger partial charge >= 0.3 is 11.8 Å². The second-order valence-corrected chi connectivity index (χ2v) is 8.81. The van der Waals surface area contributed by atoms with Gasteiger partial charge in [0.15, 0.2) is 0 Å². The number of halogens is 4. The van der Waals surface area contributed by atoms with Crippen molar-refractivity contribution in [3.63, 3.8) is 0 Å². The predicted molar refractivity (Wildman–Crippen MR) is 133 cm³/mol. The van der Waals surface area contributed by atoms with Gasteiger partial charge in [0.05, 0.1) is 16.2 Å². The third-order valence-corrected chi connectivity index (χ3v) is 5.74. The fourth-order valence-corrected chi connectivity index (χ4v) is 3.96. The molecule has 0 saturated carbocycles. The van der Waals surface area contributed by atoms with Gasteiger partial charge in [-0.1, -0.05) is 39.1 Å². The number of nitrogens with zero attached hydrogens (tertiary/aromatic N) is 1. The molecule has 0 unspecified atom stereocenters. The minimum absolute atomic E-state index is 0.0445. The van der Waals surface area contributed by atoms with Crippen molar-refractivity contribution in [1.29, 1.82) is 0 Å². The molecule has 11 heteroatoms. The minimum atomic E-state index is -1.04. The number of amides is 3. The molecule has 0 fully saturated rings. The normalized spacial score (nSPS) is 10.7. The summed E-state index contributed by atoms with van der Waals surface area (Å²) in [5.74, 6) is -3.08. The van der Waals surface area contributed by atoms with Crippen LogP contribution >= 0.6 is 39.1 Å². The van der Waals surface area contributed by atoms with Crippen LogP contribution in [0.3, 0.4) is 0 Å². The lowest BCUT2D eigenvalue weighted by Crippen LogP contribution is -2.36. The Hall–Kier alpha value is -3.40. The number of rotatable bonds is 4. The lowest BCUT2D eigenvalue weighted by atomic mass is 10.2. The largest absolute Gasteiger partial charge is 0.328 e. The van der Waals surface area contributed by atoms with Gasteiger partial charge in [-0.15, -0.1) is 0 Å². The zero-order valence-corrected chi connectivity index (χ0v) is 20.1. The molecule has 0 aliphatic carbocycles. The molecular formula is C23H14BrCl2FN4O3. The van der Waals surface area contributed by atoms with E-state index in [2.05, 4.69) is 32.0 Å². The highest BCUT2D eigenvalue weighted by Gasteiger charge is 2.22. The van der Waals surface area contributed by atoms with Crippen molar-refractivity contribution in [2.24, 2.45) is 0 Å². The first-order valence-electron chi connectivity index (χ1n) is 9.66. The number of benzene rings is 3. The molecule has 3 amide bonds. The first-order valence-corrected chi connectivity index (χ1v) is 11.2. The van der Waals surface area contributed by atoms with Gasteiger partial charge in [-0.3, -0.25) is 19.8 Å². The number of hydrogen-bond acceptors (Lipinski definition) is 3. The summed E-state index contributed by atoms with van der Waals surface area (Å²) in [7, 11) is 0. The van der Waals surface area contributed by atoms with E-state index in [1.807, 2.05) is 0 Å². The standard InChI is InChI=1S/C23H14BrCl2FN4O3/c24-13-1-8-19-12(9-13)10-20(21(32)28-16-5-3-15(27)4-6-16)31(19)30-23(34)22(33)29-18-7-2-14(25)11-17(18)26/h1-11H,(H,28,32)(H,29,33)(H,30,34). The average molecular weight is 564 g/mol. The van der Waals surface area contributed by atoms with Crippen molar-refractivity contribution in [2.75, 3.05) is 16.1 Å². The molecule has 3 N–H and O–H groups in total. The first-order chi connectivity index (χ1) is 16.2. The van der Waals surface area contributed by atoms with Gasteiger partial charge in [-0.2, -0.15) is 0 Å². The van der Waals surface area contributed by atoms with Gasteiger partial charge in [-0.05, 0) is 66.7 Å². The van der Waals surface area contributed by atoms with Crippen LogP contribution in [-0.2, 0) is 9.59 Å². The maximum absolute atomic E-state index is 13.2. The third kappa shape index (κ3) is 5.22. The molecule has 0 radical (unpaired) electrons. The predicted octanol–water partition coefficient (Wildman–Crippen LogP) is 5.81. The van der Waals surface area contributed by atoms with E-state index < -0.39 is 23.5 Å². The molecule has 1 aromatic heterocycles. The first kappa shape index (κ1) is 23.7. The van der Waals surface area contributed by atoms with E-state index in [0.717, 1.165) is 4.47 Å². The van der Waals surface area contributed by atoms with E-state index >= 15 is 0 Å². The zero-order chi connectivity index (χ0) is 24.4. The summed E-state index contributed by atoms with van der Waals surface area (Å²) in [6, 6.07) is 16.3. The van der Waals surface area contributed by atoms with Crippen LogP contribution in [0.5, 0.6) is 0 Å². The van der Waals surface area contributed by atoms with Gasteiger partial charge in [0.1, 0.15) is 11.5 Å². The third-order valence-electron chi connectivity index (χ3n) is 4.70. The number of carbonyl (C=O) groups is 3. The Kier molecular flexibility index (Phi) is 6.87. The fraction of sp³-hybridized carbons (Fsp3) is 0. The van der Waals surface area contributed by atoms with Gasteiger partial charge in [-0.25, -0.2) is 9.07 Å². The Balaban J connectivity index is 1.62. The summed E-state index contributed by atoms with van der Waals surface area (Å²) in [5, 5.41) is 6.19. The monoisotopic (exact) mass is 562 g/mol. The molecule has 34 heavy (non-hydrogen) atoms. The molecule has 3 aromatic carbocycles. The average Bonchev–Trinajstić information content (AvgIpc) is 3.14. The van der Waals surface area contributed by atoms with Gasteiger partial charge in [0.2, 0.25) is 0 Å². The molecule has 1 heterocycles. The number of nitrogens with one attached hydrogen (secondary N) is 3.